The molecule has 0 aromatic heterocycles. The highest BCUT2D eigenvalue weighted by Gasteiger charge is 2.25. The molecule has 1 aromatic carbocycles. The molecule has 8 heteroatoms. The second-order valence-electron chi connectivity index (χ2n) is 4.50. The number of rotatable bonds is 6. The molecule has 1 rings (SSSR count). The fraction of sp³-hybridized carbons (Fsp3) is 0.500. The van der Waals surface area contributed by atoms with E-state index < -0.39 is 17.1 Å². The molecule has 0 heterocycles. The van der Waals surface area contributed by atoms with Gasteiger partial charge in [0, 0.05) is 25.2 Å². The van der Waals surface area contributed by atoms with E-state index in [-0.39, 0.29) is 17.8 Å². The zero-order chi connectivity index (χ0) is 15.5. The van der Waals surface area contributed by atoms with E-state index in [4.69, 9.17) is 0 Å². The summed E-state index contributed by atoms with van der Waals surface area (Å²) in [6, 6.07) is 4.15. The van der Waals surface area contributed by atoms with Crippen molar-refractivity contribution < 1.29 is 20.2 Å². The van der Waals surface area contributed by atoms with Gasteiger partial charge in [-0.3, -0.25) is 10.1 Å². The van der Waals surface area contributed by atoms with Gasteiger partial charge in [0.1, 0.15) is 11.9 Å². The van der Waals surface area contributed by atoms with E-state index in [1.54, 1.807) is 7.05 Å². The van der Waals surface area contributed by atoms with Crippen LogP contribution in [0.3, 0.4) is 0 Å². The molecule has 0 fully saturated rings. The van der Waals surface area contributed by atoms with Gasteiger partial charge in [-0.25, -0.2) is 0 Å². The van der Waals surface area contributed by atoms with Crippen LogP contribution in [0.4, 0.5) is 17.1 Å². The smallest absolute Gasteiger partial charge is 0.294 e. The van der Waals surface area contributed by atoms with Crippen molar-refractivity contribution in [1.82, 2.24) is 0 Å². The van der Waals surface area contributed by atoms with Crippen LogP contribution in [0, 0.1) is 10.1 Å². The van der Waals surface area contributed by atoms with E-state index in [2.05, 4.69) is 5.32 Å². The maximum Gasteiger partial charge on any atom is 0.294 e. The fourth-order valence-electron chi connectivity index (χ4n) is 1.52. The Hall–Kier alpha value is -1.90. The first kappa shape index (κ1) is 16.2. The van der Waals surface area contributed by atoms with Gasteiger partial charge in [0.2, 0.25) is 5.91 Å². The molecule has 4 N–H and O–H groups in total. The number of benzene rings is 1. The Balaban J connectivity index is 3.18. The molecule has 1 unspecified atom stereocenters. The summed E-state index contributed by atoms with van der Waals surface area (Å²) in [7, 11) is 1.59. The average molecular weight is 285 g/mol. The van der Waals surface area contributed by atoms with Gasteiger partial charge in [-0.05, 0) is 19.1 Å². The van der Waals surface area contributed by atoms with Crippen LogP contribution in [0.25, 0.3) is 0 Å². The van der Waals surface area contributed by atoms with Crippen molar-refractivity contribution in [3.8, 4) is 0 Å². The zero-order valence-corrected chi connectivity index (χ0v) is 11.6. The Bertz CT molecular complexity index is 490. The predicted octanol–water partition coefficient (Wildman–Crippen LogP) is 0.830. The van der Waals surface area contributed by atoms with Crippen molar-refractivity contribution >= 4 is 17.1 Å². The van der Waals surface area contributed by atoms with E-state index in [1.807, 2.05) is 0 Å². The van der Waals surface area contributed by atoms with E-state index in [0.29, 0.717) is 5.69 Å². The number of anilines is 2. The Morgan fingerprint density at radius 3 is 2.55 bits per heavy atom. The molecule has 20 heavy (non-hydrogen) atoms. The third-order valence-corrected chi connectivity index (χ3v) is 2.97. The van der Waals surface area contributed by atoms with Crippen molar-refractivity contribution in [3.05, 3.63) is 28.3 Å². The summed E-state index contributed by atoms with van der Waals surface area (Å²) >= 11 is 0. The molecule has 112 valence electrons. The van der Waals surface area contributed by atoms with E-state index >= 15 is 0 Å². The summed E-state index contributed by atoms with van der Waals surface area (Å²) in [5.74, 6) is -2.22. The highest BCUT2D eigenvalue weighted by molar-refractivity contribution is 5.68. The lowest BCUT2D eigenvalue weighted by molar-refractivity contribution is -0.384. The molecule has 8 nitrogen and oxygen atoms in total. The maximum atomic E-state index is 11.1. The molecular weight excluding hydrogens is 266 g/mol. The van der Waals surface area contributed by atoms with Crippen LogP contribution in [0.1, 0.15) is 20.3 Å². The van der Waals surface area contributed by atoms with Crippen LogP contribution in [-0.4, -0.2) is 39.4 Å². The fourth-order valence-corrected chi connectivity index (χ4v) is 1.52. The average Bonchev–Trinajstić information content (AvgIpc) is 2.37. The summed E-state index contributed by atoms with van der Waals surface area (Å²) in [6.07, 6.45) is -0.849. The first-order valence-electron chi connectivity index (χ1n) is 6.10. The Kier molecular flexibility index (Phi) is 4.88. The molecule has 0 aliphatic carbocycles. The minimum Gasteiger partial charge on any atom is -0.374 e. The van der Waals surface area contributed by atoms with E-state index in [9.17, 15) is 25.4 Å². The highest BCUT2D eigenvalue weighted by atomic mass is 16.6. The normalized spacial score (nSPS) is 12.9. The van der Waals surface area contributed by atoms with Crippen LogP contribution in [-0.2, 0) is 0 Å². The SMILES string of the molecule is CCC(O)(O)Nc1ccc(N(C)C(C)O)cc1[N+](=O)[O-]. The molecule has 0 amide bonds. The van der Waals surface area contributed by atoms with Crippen LogP contribution in [0.2, 0.25) is 0 Å². The molecule has 0 aliphatic rings. The summed E-state index contributed by atoms with van der Waals surface area (Å²) in [6.45, 7) is 3.05. The second-order valence-corrected chi connectivity index (χ2v) is 4.50. The summed E-state index contributed by atoms with van der Waals surface area (Å²) in [4.78, 5) is 11.9. The molecule has 0 aliphatic heterocycles. The predicted molar refractivity (Wildman–Crippen MR) is 74.3 cm³/mol. The van der Waals surface area contributed by atoms with Crippen molar-refractivity contribution in [3.63, 3.8) is 0 Å². The third kappa shape index (κ3) is 3.80. The minimum atomic E-state index is -2.22. The molecule has 0 radical (unpaired) electrons. The van der Waals surface area contributed by atoms with Crippen LogP contribution in [0.15, 0.2) is 18.2 Å². The molecule has 1 aromatic rings. The van der Waals surface area contributed by atoms with Crippen LogP contribution >= 0.6 is 0 Å². The minimum absolute atomic E-state index is 0.00964. The van der Waals surface area contributed by atoms with Gasteiger partial charge in [0.25, 0.3) is 5.69 Å². The maximum absolute atomic E-state index is 11.1. The van der Waals surface area contributed by atoms with Gasteiger partial charge in [-0.2, -0.15) is 0 Å². The van der Waals surface area contributed by atoms with E-state index in [0.717, 1.165) is 0 Å². The van der Waals surface area contributed by atoms with Gasteiger partial charge < -0.3 is 25.5 Å². The van der Waals surface area contributed by atoms with Crippen molar-refractivity contribution in [2.24, 2.45) is 0 Å². The largest absolute Gasteiger partial charge is 0.374 e. The first-order valence-corrected chi connectivity index (χ1v) is 6.10. The number of hydrogen-bond donors (Lipinski definition) is 4. The number of nitro benzene ring substituents is 1. The van der Waals surface area contributed by atoms with Crippen molar-refractivity contribution in [2.75, 3.05) is 17.3 Å². The standard InChI is InChI=1S/C12H19N3O5/c1-4-12(17,18)13-10-6-5-9(14(3)8(2)16)7-11(10)15(19)20/h5-8,13,16-18H,4H2,1-3H3. The lowest BCUT2D eigenvalue weighted by Gasteiger charge is -2.25. The third-order valence-electron chi connectivity index (χ3n) is 2.97. The number of aliphatic hydroxyl groups is 3. The Morgan fingerprint density at radius 1 is 1.50 bits per heavy atom. The van der Waals surface area contributed by atoms with Gasteiger partial charge in [-0.1, -0.05) is 6.92 Å². The Morgan fingerprint density at radius 2 is 2.10 bits per heavy atom. The summed E-state index contributed by atoms with van der Waals surface area (Å²) in [5.41, 5.74) is 0.121. The molecule has 1 atom stereocenters. The lowest BCUT2D eigenvalue weighted by Crippen LogP contribution is -2.37. The van der Waals surface area contributed by atoms with Gasteiger partial charge >= 0.3 is 0 Å². The molecule has 0 bridgehead atoms. The van der Waals surface area contributed by atoms with Crippen molar-refractivity contribution in [2.45, 2.75) is 32.4 Å². The summed E-state index contributed by atoms with van der Waals surface area (Å²) < 4.78 is 0. The topological polar surface area (TPSA) is 119 Å². The quantitative estimate of drug-likeness (QED) is 0.347. The van der Waals surface area contributed by atoms with Gasteiger partial charge in [0.05, 0.1) is 4.92 Å². The molecular formula is C12H19N3O5. The number of hydrogen-bond acceptors (Lipinski definition) is 7. The first-order chi connectivity index (χ1) is 9.18. The number of nitro groups is 1. The highest BCUT2D eigenvalue weighted by Crippen LogP contribution is 2.31. The van der Waals surface area contributed by atoms with Gasteiger partial charge in [-0.15, -0.1) is 0 Å². The van der Waals surface area contributed by atoms with Gasteiger partial charge in [0.15, 0.2) is 0 Å². The number of nitrogens with one attached hydrogen (secondary N) is 1. The van der Waals surface area contributed by atoms with E-state index in [1.165, 1.54) is 36.9 Å². The number of nitrogens with zero attached hydrogens (tertiary/aromatic N) is 2. The van der Waals surface area contributed by atoms with Crippen molar-refractivity contribution in [1.29, 1.82) is 0 Å². The molecule has 0 saturated carbocycles. The van der Waals surface area contributed by atoms with Crippen LogP contribution in [0.5, 0.6) is 0 Å². The Labute approximate surface area is 116 Å². The number of aliphatic hydroxyl groups excluding tert-OH is 1. The zero-order valence-electron chi connectivity index (χ0n) is 11.6. The monoisotopic (exact) mass is 285 g/mol. The van der Waals surface area contributed by atoms with Crippen LogP contribution < -0.4 is 10.2 Å². The lowest BCUT2D eigenvalue weighted by atomic mass is 10.2. The summed E-state index contributed by atoms with van der Waals surface area (Å²) in [5, 5.41) is 41.9. The second kappa shape index (κ2) is 6.04. The molecule has 0 saturated heterocycles. The molecule has 0 spiro atoms.